The number of rotatable bonds is 8. The van der Waals surface area contributed by atoms with E-state index in [1.165, 1.54) is 0 Å². The van der Waals surface area contributed by atoms with Gasteiger partial charge in [-0.1, -0.05) is 24.3 Å². The molecule has 2 aromatic rings. The number of halogens is 1. The molecule has 0 bridgehead atoms. The van der Waals surface area contributed by atoms with Gasteiger partial charge in [-0.2, -0.15) is 0 Å². The number of hydrogen-bond acceptors (Lipinski definition) is 4. The first-order chi connectivity index (χ1) is 11.2. The number of nitrogens with one attached hydrogen (secondary N) is 1. The van der Waals surface area contributed by atoms with Crippen LogP contribution < -0.4 is 19.5 Å². The third-order valence-corrected chi connectivity index (χ3v) is 3.60. The average molecular weight is 380 g/mol. The highest BCUT2D eigenvalue weighted by atomic mass is 79.9. The minimum absolute atomic E-state index is 0.0740. The topological polar surface area (TPSA) is 56.8 Å². The Morgan fingerprint density at radius 1 is 1.00 bits per heavy atom. The van der Waals surface area contributed by atoms with E-state index in [0.29, 0.717) is 24.7 Å². The lowest BCUT2D eigenvalue weighted by Crippen LogP contribution is -2.32. The van der Waals surface area contributed by atoms with E-state index in [9.17, 15) is 4.79 Å². The lowest BCUT2D eigenvalue weighted by Gasteiger charge is -2.11. The zero-order valence-electron chi connectivity index (χ0n) is 12.8. The summed E-state index contributed by atoms with van der Waals surface area (Å²) in [6.07, 6.45) is 0. The summed E-state index contributed by atoms with van der Waals surface area (Å²) in [5, 5.41) is 2.74. The lowest BCUT2D eigenvalue weighted by molar-refractivity contribution is -0.123. The van der Waals surface area contributed by atoms with Crippen LogP contribution in [0.1, 0.15) is 0 Å². The van der Waals surface area contributed by atoms with Crippen molar-refractivity contribution in [3.8, 4) is 17.2 Å². The van der Waals surface area contributed by atoms with E-state index in [1.807, 2.05) is 36.4 Å². The van der Waals surface area contributed by atoms with Crippen LogP contribution in [0.2, 0.25) is 0 Å². The van der Waals surface area contributed by atoms with Gasteiger partial charge in [0.2, 0.25) is 0 Å². The van der Waals surface area contributed by atoms with Crippen LogP contribution in [0.3, 0.4) is 0 Å². The summed E-state index contributed by atoms with van der Waals surface area (Å²) in [7, 11) is 1.56. The fraction of sp³-hybridized carbons (Fsp3) is 0.235. The maximum atomic E-state index is 11.8. The molecular weight excluding hydrogens is 362 g/mol. The van der Waals surface area contributed by atoms with Gasteiger partial charge in [-0.05, 0) is 40.2 Å². The Balaban J connectivity index is 1.68. The number of benzene rings is 2. The van der Waals surface area contributed by atoms with Gasteiger partial charge in [-0.3, -0.25) is 4.79 Å². The third-order valence-electron chi connectivity index (χ3n) is 2.95. The van der Waals surface area contributed by atoms with Crippen molar-refractivity contribution < 1.29 is 19.0 Å². The Morgan fingerprint density at radius 3 is 2.35 bits per heavy atom. The minimum Gasteiger partial charge on any atom is -0.493 e. The van der Waals surface area contributed by atoms with Crippen molar-refractivity contribution in [3.05, 3.63) is 53.0 Å². The summed E-state index contributed by atoms with van der Waals surface area (Å²) >= 11 is 3.40. The van der Waals surface area contributed by atoms with Gasteiger partial charge in [0.1, 0.15) is 12.4 Å². The van der Waals surface area contributed by atoms with Crippen LogP contribution in [0, 0.1) is 0 Å². The molecule has 0 radical (unpaired) electrons. The molecule has 0 aliphatic heterocycles. The second kappa shape index (κ2) is 9.05. The summed E-state index contributed by atoms with van der Waals surface area (Å²) in [5.41, 5.74) is 0. The molecule has 0 fully saturated rings. The molecular formula is C17H18BrNO4. The molecule has 0 saturated carbocycles. The normalized spacial score (nSPS) is 10.0. The highest BCUT2D eigenvalue weighted by Gasteiger charge is 2.06. The molecule has 0 saturated heterocycles. The molecule has 1 N–H and O–H groups in total. The van der Waals surface area contributed by atoms with Gasteiger partial charge in [0.15, 0.2) is 18.1 Å². The number of methoxy groups -OCH3 is 1. The Morgan fingerprint density at radius 2 is 1.65 bits per heavy atom. The number of ether oxygens (including phenoxy) is 3. The lowest BCUT2D eigenvalue weighted by atomic mass is 10.3. The molecule has 2 aromatic carbocycles. The Hall–Kier alpha value is -2.21. The molecule has 0 spiro atoms. The van der Waals surface area contributed by atoms with Gasteiger partial charge < -0.3 is 19.5 Å². The first kappa shape index (κ1) is 17.1. The number of carbonyl (C=O) groups excluding carboxylic acids is 1. The van der Waals surface area contributed by atoms with Crippen LogP contribution in [-0.2, 0) is 4.79 Å². The predicted octanol–water partition coefficient (Wildman–Crippen LogP) is 3.03. The minimum atomic E-state index is -0.216. The molecule has 0 heterocycles. The van der Waals surface area contributed by atoms with Crippen LogP contribution in [0.25, 0.3) is 0 Å². The molecule has 0 atom stereocenters. The monoisotopic (exact) mass is 379 g/mol. The van der Waals surface area contributed by atoms with Crippen LogP contribution >= 0.6 is 15.9 Å². The Kier molecular flexibility index (Phi) is 6.75. The fourth-order valence-corrected chi connectivity index (χ4v) is 2.24. The van der Waals surface area contributed by atoms with Crippen molar-refractivity contribution in [2.24, 2.45) is 0 Å². The molecule has 1 amide bonds. The largest absolute Gasteiger partial charge is 0.493 e. The zero-order valence-corrected chi connectivity index (χ0v) is 14.3. The fourth-order valence-electron chi connectivity index (χ4n) is 1.85. The number of carbonyl (C=O) groups is 1. The quantitative estimate of drug-likeness (QED) is 0.716. The Bertz CT molecular complexity index is 648. The molecule has 6 heteroatoms. The maximum absolute atomic E-state index is 11.8. The first-order valence-corrected chi connectivity index (χ1v) is 7.90. The molecule has 2 rings (SSSR count). The van der Waals surface area contributed by atoms with Gasteiger partial charge >= 0.3 is 0 Å². The smallest absolute Gasteiger partial charge is 0.258 e. The van der Waals surface area contributed by atoms with Gasteiger partial charge in [0.05, 0.1) is 18.1 Å². The van der Waals surface area contributed by atoms with E-state index >= 15 is 0 Å². The van der Waals surface area contributed by atoms with E-state index in [0.717, 1.165) is 10.2 Å². The van der Waals surface area contributed by atoms with E-state index in [2.05, 4.69) is 21.2 Å². The summed E-state index contributed by atoms with van der Waals surface area (Å²) in [4.78, 5) is 11.8. The average Bonchev–Trinajstić information content (AvgIpc) is 2.58. The van der Waals surface area contributed by atoms with Gasteiger partial charge in [-0.15, -0.1) is 0 Å². The van der Waals surface area contributed by atoms with Gasteiger partial charge in [0, 0.05) is 0 Å². The second-order valence-corrected chi connectivity index (χ2v) is 5.42. The number of amides is 1. The van der Waals surface area contributed by atoms with Crippen molar-refractivity contribution in [2.75, 3.05) is 26.9 Å². The first-order valence-electron chi connectivity index (χ1n) is 7.10. The van der Waals surface area contributed by atoms with E-state index in [4.69, 9.17) is 14.2 Å². The van der Waals surface area contributed by atoms with Gasteiger partial charge in [-0.25, -0.2) is 0 Å². The van der Waals surface area contributed by atoms with Crippen LogP contribution in [0.4, 0.5) is 0 Å². The summed E-state index contributed by atoms with van der Waals surface area (Å²) < 4.78 is 17.0. The molecule has 0 aliphatic rings. The van der Waals surface area contributed by atoms with Crippen molar-refractivity contribution >= 4 is 21.8 Å². The van der Waals surface area contributed by atoms with Crippen LogP contribution in [0.5, 0.6) is 17.2 Å². The summed E-state index contributed by atoms with van der Waals surface area (Å²) in [6, 6.07) is 14.7. The number of hydrogen-bond donors (Lipinski definition) is 1. The summed E-state index contributed by atoms with van der Waals surface area (Å²) in [5.74, 6) is 1.66. The second-order valence-electron chi connectivity index (χ2n) is 4.57. The van der Waals surface area contributed by atoms with Crippen LogP contribution in [0.15, 0.2) is 53.0 Å². The highest BCUT2D eigenvalue weighted by molar-refractivity contribution is 9.10. The predicted molar refractivity (Wildman–Crippen MR) is 91.1 cm³/mol. The molecule has 23 heavy (non-hydrogen) atoms. The van der Waals surface area contributed by atoms with E-state index < -0.39 is 0 Å². The van der Waals surface area contributed by atoms with Crippen molar-refractivity contribution in [2.45, 2.75) is 0 Å². The maximum Gasteiger partial charge on any atom is 0.258 e. The highest BCUT2D eigenvalue weighted by Crippen LogP contribution is 2.25. The SMILES string of the molecule is COc1ccccc1OCC(=O)NCCOc1ccccc1Br. The van der Waals surface area contributed by atoms with Crippen molar-refractivity contribution in [1.82, 2.24) is 5.32 Å². The van der Waals surface area contributed by atoms with E-state index in [1.54, 1.807) is 19.2 Å². The molecule has 5 nitrogen and oxygen atoms in total. The molecule has 0 aliphatic carbocycles. The van der Waals surface area contributed by atoms with Crippen LogP contribution in [-0.4, -0.2) is 32.8 Å². The zero-order chi connectivity index (χ0) is 16.5. The molecule has 0 aromatic heterocycles. The Labute approximate surface area is 143 Å². The molecule has 0 unspecified atom stereocenters. The standard InChI is InChI=1S/C17H18BrNO4/c1-21-15-8-4-5-9-16(15)23-12-17(20)19-10-11-22-14-7-3-2-6-13(14)18/h2-9H,10-12H2,1H3,(H,19,20). The molecule has 122 valence electrons. The third kappa shape index (κ3) is 5.49. The summed E-state index contributed by atoms with van der Waals surface area (Å²) in [6.45, 7) is 0.702. The van der Waals surface area contributed by atoms with Gasteiger partial charge in [0.25, 0.3) is 5.91 Å². The van der Waals surface area contributed by atoms with Crippen molar-refractivity contribution in [1.29, 1.82) is 0 Å². The van der Waals surface area contributed by atoms with Crippen molar-refractivity contribution in [3.63, 3.8) is 0 Å². The van der Waals surface area contributed by atoms with E-state index in [-0.39, 0.29) is 12.5 Å². The number of para-hydroxylation sites is 3.